The van der Waals surface area contributed by atoms with Crippen molar-refractivity contribution in [3.05, 3.63) is 93.1 Å². The molecule has 0 saturated carbocycles. The van der Waals surface area contributed by atoms with E-state index in [4.69, 9.17) is 9.15 Å². The maximum Gasteiger partial charge on any atom is 0.268 e. The molecule has 0 saturated heterocycles. The lowest BCUT2D eigenvalue weighted by molar-refractivity contribution is -0.117. The molecule has 148 valence electrons. The first kappa shape index (κ1) is 20.7. The van der Waals surface area contributed by atoms with Crippen molar-refractivity contribution in [2.45, 2.75) is 6.54 Å². The number of carbonyl (C=O) groups excluding carboxylic acids is 2. The highest BCUT2D eigenvalue weighted by molar-refractivity contribution is 14.1. The van der Waals surface area contributed by atoms with Crippen LogP contribution in [0, 0.1) is 3.77 Å². The Balaban J connectivity index is 1.77. The largest absolute Gasteiger partial charge is 0.497 e. The van der Waals surface area contributed by atoms with Crippen molar-refractivity contribution in [1.82, 2.24) is 10.6 Å². The standard InChI is InChI=1S/C22H19IN2O4/c1-28-17-9-5-6-15(12-17)14-24-22(27)19(13-18-10-11-20(23)29-18)25-21(26)16-7-3-2-4-8-16/h2-13H,14H2,1H3,(H,24,27)(H,25,26). The van der Waals surface area contributed by atoms with Crippen LogP contribution in [-0.4, -0.2) is 18.9 Å². The third-order valence-corrected chi connectivity index (χ3v) is 4.58. The molecule has 0 atom stereocenters. The highest BCUT2D eigenvalue weighted by atomic mass is 127. The normalized spacial score (nSPS) is 11.0. The Morgan fingerprint density at radius 3 is 2.55 bits per heavy atom. The molecule has 0 aliphatic carbocycles. The molecule has 7 heteroatoms. The summed E-state index contributed by atoms with van der Waals surface area (Å²) >= 11 is 2.03. The van der Waals surface area contributed by atoms with Crippen molar-refractivity contribution in [2.24, 2.45) is 0 Å². The Kier molecular flexibility index (Phi) is 7.07. The van der Waals surface area contributed by atoms with Crippen LogP contribution in [0.25, 0.3) is 6.08 Å². The summed E-state index contributed by atoms with van der Waals surface area (Å²) in [6, 6.07) is 19.6. The molecule has 3 aromatic rings. The zero-order valence-corrected chi connectivity index (χ0v) is 17.8. The minimum absolute atomic E-state index is 0.0903. The summed E-state index contributed by atoms with van der Waals surface area (Å²) in [7, 11) is 1.59. The predicted molar refractivity (Wildman–Crippen MR) is 118 cm³/mol. The van der Waals surface area contributed by atoms with Gasteiger partial charge in [0, 0.05) is 18.2 Å². The maximum absolute atomic E-state index is 12.8. The van der Waals surface area contributed by atoms with Crippen LogP contribution in [0.2, 0.25) is 0 Å². The van der Waals surface area contributed by atoms with Crippen LogP contribution in [-0.2, 0) is 11.3 Å². The molecule has 1 heterocycles. The highest BCUT2D eigenvalue weighted by Gasteiger charge is 2.15. The molecule has 0 fully saturated rings. The monoisotopic (exact) mass is 502 g/mol. The fraction of sp³-hybridized carbons (Fsp3) is 0.0909. The lowest BCUT2D eigenvalue weighted by atomic mass is 10.2. The van der Waals surface area contributed by atoms with Gasteiger partial charge in [0.05, 0.1) is 7.11 Å². The smallest absolute Gasteiger partial charge is 0.268 e. The summed E-state index contributed by atoms with van der Waals surface area (Å²) in [4.78, 5) is 25.3. The SMILES string of the molecule is COc1cccc(CNC(=O)C(=Cc2ccc(I)o2)NC(=O)c2ccccc2)c1. The molecule has 2 N–H and O–H groups in total. The first-order valence-electron chi connectivity index (χ1n) is 8.80. The quantitative estimate of drug-likeness (QED) is 0.379. The molecule has 1 aromatic heterocycles. The first-order valence-corrected chi connectivity index (χ1v) is 9.87. The molecule has 29 heavy (non-hydrogen) atoms. The summed E-state index contributed by atoms with van der Waals surface area (Å²) in [6.07, 6.45) is 1.50. The third kappa shape index (κ3) is 5.95. The molecule has 0 spiro atoms. The molecular weight excluding hydrogens is 483 g/mol. The highest BCUT2D eigenvalue weighted by Crippen LogP contribution is 2.15. The van der Waals surface area contributed by atoms with Gasteiger partial charge in [0.1, 0.15) is 17.2 Å². The van der Waals surface area contributed by atoms with E-state index < -0.39 is 5.91 Å². The summed E-state index contributed by atoms with van der Waals surface area (Å²) < 4.78 is 11.4. The van der Waals surface area contributed by atoms with Gasteiger partial charge in [0.25, 0.3) is 11.8 Å². The Bertz CT molecular complexity index is 1030. The van der Waals surface area contributed by atoms with Crippen LogP contribution in [0.5, 0.6) is 5.75 Å². The lowest BCUT2D eigenvalue weighted by Crippen LogP contribution is -2.34. The Hall–Kier alpha value is -3.07. The van der Waals surface area contributed by atoms with Crippen molar-refractivity contribution in [3.63, 3.8) is 0 Å². The van der Waals surface area contributed by atoms with Crippen molar-refractivity contribution in [2.75, 3.05) is 7.11 Å². The first-order chi connectivity index (χ1) is 14.0. The minimum Gasteiger partial charge on any atom is -0.497 e. The number of amides is 2. The van der Waals surface area contributed by atoms with Gasteiger partial charge in [-0.15, -0.1) is 0 Å². The zero-order chi connectivity index (χ0) is 20.6. The number of carbonyl (C=O) groups is 2. The van der Waals surface area contributed by atoms with Gasteiger partial charge < -0.3 is 19.8 Å². The summed E-state index contributed by atoms with van der Waals surface area (Å²) in [5.41, 5.74) is 1.42. The number of benzene rings is 2. The van der Waals surface area contributed by atoms with Crippen LogP contribution >= 0.6 is 22.6 Å². The number of rotatable bonds is 7. The summed E-state index contributed by atoms with van der Waals surface area (Å²) in [6.45, 7) is 0.282. The van der Waals surface area contributed by atoms with E-state index in [1.165, 1.54) is 6.08 Å². The molecule has 2 aromatic carbocycles. The molecule has 0 unspecified atom stereocenters. The molecular formula is C22H19IN2O4. The van der Waals surface area contributed by atoms with E-state index in [1.54, 1.807) is 43.5 Å². The van der Waals surface area contributed by atoms with E-state index in [2.05, 4.69) is 10.6 Å². The van der Waals surface area contributed by atoms with E-state index in [9.17, 15) is 9.59 Å². The summed E-state index contributed by atoms with van der Waals surface area (Å²) in [5, 5.41) is 5.49. The van der Waals surface area contributed by atoms with Crippen LogP contribution in [0.1, 0.15) is 21.7 Å². The number of ether oxygens (including phenoxy) is 1. The van der Waals surface area contributed by atoms with Gasteiger partial charge in [-0.1, -0.05) is 30.3 Å². The molecule has 2 amide bonds. The van der Waals surface area contributed by atoms with E-state index in [1.807, 2.05) is 52.9 Å². The lowest BCUT2D eigenvalue weighted by Gasteiger charge is -2.11. The molecule has 3 rings (SSSR count). The van der Waals surface area contributed by atoms with Gasteiger partial charge in [-0.2, -0.15) is 0 Å². The van der Waals surface area contributed by atoms with Crippen molar-refractivity contribution in [1.29, 1.82) is 0 Å². The Morgan fingerprint density at radius 2 is 1.86 bits per heavy atom. The maximum atomic E-state index is 12.8. The van der Waals surface area contributed by atoms with Crippen molar-refractivity contribution >= 4 is 40.5 Å². The van der Waals surface area contributed by atoms with E-state index in [-0.39, 0.29) is 18.1 Å². The second-order valence-corrected chi connectivity index (χ2v) is 7.12. The van der Waals surface area contributed by atoms with Gasteiger partial charge in [-0.05, 0) is 64.6 Å². The molecule has 0 aliphatic rings. The molecule has 0 radical (unpaired) electrons. The number of furan rings is 1. The van der Waals surface area contributed by atoms with Crippen LogP contribution < -0.4 is 15.4 Å². The Labute approximate surface area is 182 Å². The third-order valence-electron chi connectivity index (χ3n) is 4.00. The predicted octanol–water partition coefficient (Wildman–Crippen LogP) is 3.98. The van der Waals surface area contributed by atoms with Gasteiger partial charge in [0.2, 0.25) is 0 Å². The Morgan fingerprint density at radius 1 is 1.07 bits per heavy atom. The number of hydrogen-bond acceptors (Lipinski definition) is 4. The zero-order valence-electron chi connectivity index (χ0n) is 15.6. The second kappa shape index (κ2) is 9.92. The fourth-order valence-electron chi connectivity index (χ4n) is 2.55. The van der Waals surface area contributed by atoms with Crippen LogP contribution in [0.4, 0.5) is 0 Å². The van der Waals surface area contributed by atoms with Crippen LogP contribution in [0.3, 0.4) is 0 Å². The van der Waals surface area contributed by atoms with E-state index in [0.29, 0.717) is 20.8 Å². The van der Waals surface area contributed by atoms with Gasteiger partial charge >= 0.3 is 0 Å². The minimum atomic E-state index is -0.427. The number of hydrogen-bond donors (Lipinski definition) is 2. The number of methoxy groups -OCH3 is 1. The van der Waals surface area contributed by atoms with E-state index in [0.717, 1.165) is 5.56 Å². The van der Waals surface area contributed by atoms with Gasteiger partial charge in [-0.3, -0.25) is 9.59 Å². The second-order valence-electron chi connectivity index (χ2n) is 6.05. The van der Waals surface area contributed by atoms with E-state index >= 15 is 0 Å². The average molecular weight is 502 g/mol. The summed E-state index contributed by atoms with van der Waals surface area (Å²) in [5.74, 6) is 0.363. The average Bonchev–Trinajstić information content (AvgIpc) is 3.16. The van der Waals surface area contributed by atoms with Crippen molar-refractivity contribution < 1.29 is 18.7 Å². The number of halogens is 1. The molecule has 0 bridgehead atoms. The van der Waals surface area contributed by atoms with Gasteiger partial charge in [0.15, 0.2) is 3.77 Å². The molecule has 0 aliphatic heterocycles. The van der Waals surface area contributed by atoms with Gasteiger partial charge in [-0.25, -0.2) is 0 Å². The number of nitrogens with one attached hydrogen (secondary N) is 2. The topological polar surface area (TPSA) is 80.6 Å². The van der Waals surface area contributed by atoms with Crippen LogP contribution in [0.15, 0.2) is 76.8 Å². The molecule has 6 nitrogen and oxygen atoms in total. The van der Waals surface area contributed by atoms with Crippen molar-refractivity contribution in [3.8, 4) is 5.75 Å². The fourth-order valence-corrected chi connectivity index (χ4v) is 2.98.